The van der Waals surface area contributed by atoms with Crippen LogP contribution in [0.5, 0.6) is 0 Å². The molecule has 0 atom stereocenters. The van der Waals surface area contributed by atoms with Crippen LogP contribution < -0.4 is 5.32 Å². The second-order valence-electron chi connectivity index (χ2n) is 4.46. The van der Waals surface area contributed by atoms with E-state index in [1.807, 2.05) is 0 Å². The minimum atomic E-state index is -0.976. The van der Waals surface area contributed by atoms with Crippen LogP contribution >= 0.6 is 0 Å². The molecule has 0 spiro atoms. The van der Waals surface area contributed by atoms with Crippen molar-refractivity contribution >= 4 is 11.8 Å². The number of carbonyl (C=O) groups excluding carboxylic acids is 2. The van der Waals surface area contributed by atoms with Crippen LogP contribution in [0.2, 0.25) is 0 Å². The molecule has 6 nitrogen and oxygen atoms in total. The zero-order valence-corrected chi connectivity index (χ0v) is 10.9. The molecule has 1 N–H and O–H groups in total. The van der Waals surface area contributed by atoms with Gasteiger partial charge in [-0.2, -0.15) is 5.26 Å². The van der Waals surface area contributed by atoms with Gasteiger partial charge in [0.1, 0.15) is 5.41 Å². The molecule has 1 rings (SSSR count). The number of carbonyl (C=O) groups is 2. The molecule has 0 aliphatic carbocycles. The first-order valence-corrected chi connectivity index (χ1v) is 6.01. The Balaban J connectivity index is 2.61. The highest BCUT2D eigenvalue weighted by molar-refractivity contribution is 5.86. The average Bonchev–Trinajstić information content (AvgIpc) is 2.44. The molecule has 100 valence electrons. The summed E-state index contributed by atoms with van der Waals surface area (Å²) in [6.07, 6.45) is 1.09. The predicted octanol–water partition coefficient (Wildman–Crippen LogP) is -0.0987. The standard InChI is InChI=1S/C12H19N3O3/c1-14-10(16)3-6-15(2)11(17)12(9-13)4-7-18-8-5-12/h3-8H2,1-2H3,(H,14,16). The Morgan fingerprint density at radius 1 is 1.44 bits per heavy atom. The molecule has 1 aliphatic heterocycles. The number of nitrogens with zero attached hydrogens (tertiary/aromatic N) is 2. The first kappa shape index (κ1) is 14.5. The molecule has 1 fully saturated rings. The van der Waals surface area contributed by atoms with Crippen LogP contribution in [0, 0.1) is 16.7 Å². The van der Waals surface area contributed by atoms with E-state index in [9.17, 15) is 14.9 Å². The maximum atomic E-state index is 12.3. The van der Waals surface area contributed by atoms with Crippen LogP contribution in [0.4, 0.5) is 0 Å². The minimum Gasteiger partial charge on any atom is -0.381 e. The first-order chi connectivity index (χ1) is 8.55. The molecule has 0 aromatic carbocycles. The predicted molar refractivity (Wildman–Crippen MR) is 64.4 cm³/mol. The summed E-state index contributed by atoms with van der Waals surface area (Å²) in [6, 6.07) is 2.13. The molecule has 0 aromatic rings. The summed E-state index contributed by atoms with van der Waals surface area (Å²) in [5, 5.41) is 11.8. The average molecular weight is 253 g/mol. The van der Waals surface area contributed by atoms with E-state index in [4.69, 9.17) is 4.74 Å². The molecule has 0 radical (unpaired) electrons. The summed E-state index contributed by atoms with van der Waals surface area (Å²) in [5.41, 5.74) is -0.976. The fraction of sp³-hybridized carbons (Fsp3) is 0.750. The lowest BCUT2D eigenvalue weighted by Crippen LogP contribution is -2.45. The number of nitriles is 1. The molecule has 2 amide bonds. The van der Waals surface area contributed by atoms with E-state index in [-0.39, 0.29) is 18.2 Å². The molecule has 6 heteroatoms. The van der Waals surface area contributed by atoms with E-state index in [0.717, 1.165) is 0 Å². The molecule has 0 aromatic heterocycles. The zero-order valence-electron chi connectivity index (χ0n) is 10.9. The van der Waals surface area contributed by atoms with Crippen LogP contribution in [0.1, 0.15) is 19.3 Å². The van der Waals surface area contributed by atoms with Gasteiger partial charge in [0.05, 0.1) is 6.07 Å². The Labute approximate surface area is 107 Å². The van der Waals surface area contributed by atoms with Gasteiger partial charge in [0.2, 0.25) is 11.8 Å². The van der Waals surface area contributed by atoms with Gasteiger partial charge >= 0.3 is 0 Å². The van der Waals surface area contributed by atoms with Gasteiger partial charge in [-0.25, -0.2) is 0 Å². The van der Waals surface area contributed by atoms with Gasteiger partial charge in [-0.3, -0.25) is 9.59 Å². The van der Waals surface area contributed by atoms with Crippen molar-refractivity contribution in [2.24, 2.45) is 5.41 Å². The quantitative estimate of drug-likeness (QED) is 0.758. The molecule has 1 aliphatic rings. The van der Waals surface area contributed by atoms with Crippen LogP contribution in [-0.2, 0) is 14.3 Å². The summed E-state index contributed by atoms with van der Waals surface area (Å²) in [6.45, 7) is 1.19. The lowest BCUT2D eigenvalue weighted by Gasteiger charge is -2.32. The molecule has 18 heavy (non-hydrogen) atoms. The summed E-state index contributed by atoms with van der Waals surface area (Å²) in [4.78, 5) is 24.9. The number of nitrogens with one attached hydrogen (secondary N) is 1. The second kappa shape index (κ2) is 6.36. The molecule has 1 heterocycles. The maximum Gasteiger partial charge on any atom is 0.242 e. The third-order valence-corrected chi connectivity index (χ3v) is 3.27. The van der Waals surface area contributed by atoms with Crippen molar-refractivity contribution in [2.45, 2.75) is 19.3 Å². The van der Waals surface area contributed by atoms with Crippen LogP contribution in [0.3, 0.4) is 0 Å². The normalized spacial score (nSPS) is 17.6. The highest BCUT2D eigenvalue weighted by Crippen LogP contribution is 2.31. The molecule has 0 bridgehead atoms. The van der Waals surface area contributed by atoms with Crippen molar-refractivity contribution in [1.82, 2.24) is 10.2 Å². The monoisotopic (exact) mass is 253 g/mol. The Morgan fingerprint density at radius 3 is 2.56 bits per heavy atom. The second-order valence-corrected chi connectivity index (χ2v) is 4.46. The van der Waals surface area contributed by atoms with Gasteiger partial charge in [-0.1, -0.05) is 0 Å². The Morgan fingerprint density at radius 2 is 2.06 bits per heavy atom. The maximum absolute atomic E-state index is 12.3. The zero-order chi connectivity index (χ0) is 13.6. The molecule has 0 saturated carbocycles. The summed E-state index contributed by atoms with van der Waals surface area (Å²) >= 11 is 0. The van der Waals surface area contributed by atoms with Gasteiger partial charge in [-0.05, 0) is 12.8 Å². The topological polar surface area (TPSA) is 82.4 Å². The van der Waals surface area contributed by atoms with Crippen molar-refractivity contribution in [3.05, 3.63) is 0 Å². The number of ether oxygens (including phenoxy) is 1. The van der Waals surface area contributed by atoms with E-state index in [2.05, 4.69) is 11.4 Å². The van der Waals surface area contributed by atoms with E-state index >= 15 is 0 Å². The van der Waals surface area contributed by atoms with Crippen LogP contribution in [-0.4, -0.2) is 50.6 Å². The van der Waals surface area contributed by atoms with E-state index in [1.54, 1.807) is 14.1 Å². The van der Waals surface area contributed by atoms with Gasteiger partial charge in [-0.15, -0.1) is 0 Å². The SMILES string of the molecule is CNC(=O)CCN(C)C(=O)C1(C#N)CCOCC1. The fourth-order valence-electron chi connectivity index (χ4n) is 1.95. The Kier molecular flexibility index (Phi) is 5.10. The van der Waals surface area contributed by atoms with Crippen molar-refractivity contribution in [3.63, 3.8) is 0 Å². The fourth-order valence-corrected chi connectivity index (χ4v) is 1.95. The highest BCUT2D eigenvalue weighted by atomic mass is 16.5. The smallest absolute Gasteiger partial charge is 0.242 e. The number of hydrogen-bond donors (Lipinski definition) is 1. The molecular weight excluding hydrogens is 234 g/mol. The molecule has 0 unspecified atom stereocenters. The minimum absolute atomic E-state index is 0.118. The summed E-state index contributed by atoms with van der Waals surface area (Å²) < 4.78 is 5.19. The van der Waals surface area contributed by atoms with Crippen molar-refractivity contribution in [2.75, 3.05) is 33.9 Å². The largest absolute Gasteiger partial charge is 0.381 e. The lowest BCUT2D eigenvalue weighted by molar-refractivity contribution is -0.142. The number of amides is 2. The van der Waals surface area contributed by atoms with Crippen molar-refractivity contribution in [3.8, 4) is 6.07 Å². The van der Waals surface area contributed by atoms with E-state index < -0.39 is 5.41 Å². The van der Waals surface area contributed by atoms with Gasteiger partial charge < -0.3 is 15.0 Å². The van der Waals surface area contributed by atoms with Crippen LogP contribution in [0.15, 0.2) is 0 Å². The van der Waals surface area contributed by atoms with E-state index in [0.29, 0.717) is 32.6 Å². The molecule has 1 saturated heterocycles. The Bertz CT molecular complexity index is 356. The van der Waals surface area contributed by atoms with E-state index in [1.165, 1.54) is 4.90 Å². The van der Waals surface area contributed by atoms with Crippen LogP contribution in [0.25, 0.3) is 0 Å². The third kappa shape index (κ3) is 3.20. The highest BCUT2D eigenvalue weighted by Gasteiger charge is 2.42. The Hall–Kier alpha value is -1.61. The third-order valence-electron chi connectivity index (χ3n) is 3.27. The lowest BCUT2D eigenvalue weighted by atomic mass is 9.80. The van der Waals surface area contributed by atoms with Gasteiger partial charge in [0, 0.05) is 40.3 Å². The summed E-state index contributed by atoms with van der Waals surface area (Å²) in [7, 11) is 3.18. The number of hydrogen-bond acceptors (Lipinski definition) is 4. The summed E-state index contributed by atoms with van der Waals surface area (Å²) in [5.74, 6) is -0.329. The van der Waals surface area contributed by atoms with Crippen molar-refractivity contribution < 1.29 is 14.3 Å². The van der Waals surface area contributed by atoms with Gasteiger partial charge in [0.25, 0.3) is 0 Å². The number of rotatable bonds is 4. The molecular formula is C12H19N3O3. The van der Waals surface area contributed by atoms with Crippen molar-refractivity contribution in [1.29, 1.82) is 5.26 Å². The van der Waals surface area contributed by atoms with Gasteiger partial charge in [0.15, 0.2) is 0 Å². The first-order valence-electron chi connectivity index (χ1n) is 6.01.